The molecule has 0 spiro atoms. The summed E-state index contributed by atoms with van der Waals surface area (Å²) in [5, 5.41) is 3.31. The first-order valence-electron chi connectivity index (χ1n) is 9.97. The molecule has 0 amide bonds. The molecule has 164 valence electrons. The fourth-order valence-electron chi connectivity index (χ4n) is 2.96. The van der Waals surface area contributed by atoms with E-state index in [2.05, 4.69) is 15.0 Å². The van der Waals surface area contributed by atoms with Crippen LogP contribution in [0, 0.1) is 0 Å². The summed E-state index contributed by atoms with van der Waals surface area (Å²) in [6.07, 6.45) is 0. The molecule has 0 fully saturated rings. The first-order valence-corrected chi connectivity index (χ1v) is 11.6. The number of benzene rings is 2. The standard InChI is InChI=1S/C22H32N4O3S/c1-18(2)25-30(27,28)17-20-11-9-8-10-19(20)16-24-22(23-3)26(4)14-15-29-21-12-6-5-7-13-21/h5-13,18,25H,14-17H2,1-4H3,(H,23,24). The van der Waals surface area contributed by atoms with Gasteiger partial charge in [0.1, 0.15) is 12.4 Å². The van der Waals surface area contributed by atoms with E-state index in [-0.39, 0.29) is 11.8 Å². The SMILES string of the molecule is CN=C(NCc1ccccc1CS(=O)(=O)NC(C)C)N(C)CCOc1ccccc1. The third-order valence-corrected chi connectivity index (χ3v) is 5.85. The van der Waals surface area contributed by atoms with Crippen LogP contribution in [0.15, 0.2) is 59.6 Å². The van der Waals surface area contributed by atoms with Crippen molar-refractivity contribution in [3.8, 4) is 5.75 Å². The second-order valence-corrected chi connectivity index (χ2v) is 9.04. The fraction of sp³-hybridized carbons (Fsp3) is 0.409. The summed E-state index contributed by atoms with van der Waals surface area (Å²) >= 11 is 0. The van der Waals surface area contributed by atoms with Crippen molar-refractivity contribution in [2.24, 2.45) is 4.99 Å². The molecule has 0 aliphatic rings. The van der Waals surface area contributed by atoms with Crippen molar-refractivity contribution in [3.05, 3.63) is 65.7 Å². The molecule has 7 nitrogen and oxygen atoms in total. The van der Waals surface area contributed by atoms with Gasteiger partial charge in [-0.3, -0.25) is 4.99 Å². The molecule has 0 bridgehead atoms. The molecule has 0 aliphatic carbocycles. The van der Waals surface area contributed by atoms with E-state index < -0.39 is 10.0 Å². The smallest absolute Gasteiger partial charge is 0.216 e. The van der Waals surface area contributed by atoms with E-state index in [0.717, 1.165) is 16.9 Å². The highest BCUT2D eigenvalue weighted by Gasteiger charge is 2.15. The van der Waals surface area contributed by atoms with E-state index in [9.17, 15) is 8.42 Å². The predicted molar refractivity (Wildman–Crippen MR) is 122 cm³/mol. The molecular weight excluding hydrogens is 400 g/mol. The van der Waals surface area contributed by atoms with Gasteiger partial charge >= 0.3 is 0 Å². The van der Waals surface area contributed by atoms with Gasteiger partial charge in [-0.25, -0.2) is 13.1 Å². The van der Waals surface area contributed by atoms with Crippen LogP contribution in [0.25, 0.3) is 0 Å². The van der Waals surface area contributed by atoms with Gasteiger partial charge in [0.2, 0.25) is 10.0 Å². The van der Waals surface area contributed by atoms with Gasteiger partial charge in [0.25, 0.3) is 0 Å². The van der Waals surface area contributed by atoms with Crippen molar-refractivity contribution in [3.63, 3.8) is 0 Å². The summed E-state index contributed by atoms with van der Waals surface area (Å²) in [5.41, 5.74) is 1.69. The molecule has 8 heteroatoms. The number of rotatable bonds is 10. The molecule has 0 radical (unpaired) electrons. The number of nitrogens with zero attached hydrogens (tertiary/aromatic N) is 2. The number of hydrogen-bond donors (Lipinski definition) is 2. The maximum Gasteiger partial charge on any atom is 0.216 e. The molecule has 0 saturated carbocycles. The number of nitrogens with one attached hydrogen (secondary N) is 2. The van der Waals surface area contributed by atoms with Crippen LogP contribution in [0.3, 0.4) is 0 Å². The Labute approximate surface area is 180 Å². The minimum Gasteiger partial charge on any atom is -0.492 e. The highest BCUT2D eigenvalue weighted by molar-refractivity contribution is 7.88. The van der Waals surface area contributed by atoms with Gasteiger partial charge < -0.3 is 15.0 Å². The lowest BCUT2D eigenvalue weighted by molar-refractivity contribution is 0.281. The third kappa shape index (κ3) is 8.04. The molecule has 2 aromatic carbocycles. The Balaban J connectivity index is 1.93. The van der Waals surface area contributed by atoms with Crippen LogP contribution in [0.2, 0.25) is 0 Å². The summed E-state index contributed by atoms with van der Waals surface area (Å²) in [7, 11) is 0.269. The van der Waals surface area contributed by atoms with Gasteiger partial charge in [-0.05, 0) is 37.1 Å². The zero-order valence-corrected chi connectivity index (χ0v) is 18.9. The van der Waals surface area contributed by atoms with Crippen LogP contribution in [0.4, 0.5) is 0 Å². The lowest BCUT2D eigenvalue weighted by Crippen LogP contribution is -2.40. The zero-order chi connectivity index (χ0) is 22.0. The van der Waals surface area contributed by atoms with Gasteiger partial charge in [0.05, 0.1) is 12.3 Å². The number of likely N-dealkylation sites (N-methyl/N-ethyl adjacent to an activating group) is 1. The lowest BCUT2D eigenvalue weighted by Gasteiger charge is -2.23. The van der Waals surface area contributed by atoms with Crippen LogP contribution in [0.5, 0.6) is 5.75 Å². The van der Waals surface area contributed by atoms with Crippen LogP contribution < -0.4 is 14.8 Å². The number of para-hydroxylation sites is 1. The average molecular weight is 433 g/mol. The van der Waals surface area contributed by atoms with Crippen LogP contribution in [-0.4, -0.2) is 52.6 Å². The van der Waals surface area contributed by atoms with Gasteiger partial charge in [-0.15, -0.1) is 0 Å². The average Bonchev–Trinajstić information content (AvgIpc) is 2.69. The minimum atomic E-state index is -3.39. The van der Waals surface area contributed by atoms with E-state index in [1.807, 2.05) is 80.4 Å². The molecule has 2 aromatic rings. The van der Waals surface area contributed by atoms with Crippen molar-refractivity contribution >= 4 is 16.0 Å². The van der Waals surface area contributed by atoms with Crippen molar-refractivity contribution < 1.29 is 13.2 Å². The van der Waals surface area contributed by atoms with E-state index in [4.69, 9.17) is 4.74 Å². The van der Waals surface area contributed by atoms with E-state index >= 15 is 0 Å². The largest absolute Gasteiger partial charge is 0.492 e. The second kappa shape index (κ2) is 11.6. The van der Waals surface area contributed by atoms with Crippen molar-refractivity contribution in [2.45, 2.75) is 32.2 Å². The molecule has 30 heavy (non-hydrogen) atoms. The molecule has 0 unspecified atom stereocenters. The fourth-order valence-corrected chi connectivity index (χ4v) is 4.45. The Morgan fingerprint density at radius 1 is 1.07 bits per heavy atom. The zero-order valence-electron chi connectivity index (χ0n) is 18.1. The molecule has 2 N–H and O–H groups in total. The molecule has 0 saturated heterocycles. The van der Waals surface area contributed by atoms with Crippen LogP contribution in [0.1, 0.15) is 25.0 Å². The monoisotopic (exact) mass is 432 g/mol. The molecule has 2 rings (SSSR count). The maximum atomic E-state index is 12.3. The van der Waals surface area contributed by atoms with E-state index in [1.165, 1.54) is 0 Å². The number of ether oxygens (including phenoxy) is 1. The quantitative estimate of drug-likeness (QED) is 0.445. The van der Waals surface area contributed by atoms with Crippen molar-refractivity contribution in [1.82, 2.24) is 14.9 Å². The second-order valence-electron chi connectivity index (χ2n) is 7.28. The Morgan fingerprint density at radius 3 is 2.33 bits per heavy atom. The summed E-state index contributed by atoms with van der Waals surface area (Å²) in [6.45, 7) is 5.28. The number of sulfonamides is 1. The van der Waals surface area contributed by atoms with Crippen LogP contribution in [-0.2, 0) is 22.3 Å². The van der Waals surface area contributed by atoms with Crippen molar-refractivity contribution in [1.29, 1.82) is 0 Å². The van der Waals surface area contributed by atoms with Gasteiger partial charge in [-0.2, -0.15) is 0 Å². The topological polar surface area (TPSA) is 83.0 Å². The van der Waals surface area contributed by atoms with Crippen molar-refractivity contribution in [2.75, 3.05) is 27.2 Å². The first kappa shape index (κ1) is 23.7. The molecule has 0 aromatic heterocycles. The van der Waals surface area contributed by atoms with Gasteiger partial charge in [0, 0.05) is 26.7 Å². The Bertz CT molecular complexity index is 915. The summed E-state index contributed by atoms with van der Waals surface area (Å²) < 4.78 is 33.0. The molecule has 0 aliphatic heterocycles. The Morgan fingerprint density at radius 2 is 1.70 bits per heavy atom. The number of aliphatic imine (C=N–C) groups is 1. The predicted octanol–water partition coefficient (Wildman–Crippen LogP) is 2.60. The summed E-state index contributed by atoms with van der Waals surface area (Å²) in [4.78, 5) is 6.29. The highest BCUT2D eigenvalue weighted by Crippen LogP contribution is 2.13. The van der Waals surface area contributed by atoms with Crippen LogP contribution >= 0.6 is 0 Å². The maximum absolute atomic E-state index is 12.3. The van der Waals surface area contributed by atoms with Gasteiger partial charge in [-0.1, -0.05) is 42.5 Å². The summed E-state index contributed by atoms with van der Waals surface area (Å²) in [5.74, 6) is 1.49. The molecule has 0 heterocycles. The first-order chi connectivity index (χ1) is 14.3. The number of guanidine groups is 1. The highest BCUT2D eigenvalue weighted by atomic mass is 32.2. The van der Waals surface area contributed by atoms with E-state index in [0.29, 0.717) is 25.7 Å². The third-order valence-electron chi connectivity index (χ3n) is 4.33. The number of hydrogen-bond acceptors (Lipinski definition) is 4. The summed E-state index contributed by atoms with van der Waals surface area (Å²) in [6, 6.07) is 17.1. The molecular formula is C22H32N4O3S. The van der Waals surface area contributed by atoms with Gasteiger partial charge in [0.15, 0.2) is 5.96 Å². The Hall–Kier alpha value is -2.58. The normalized spacial score (nSPS) is 12.1. The lowest BCUT2D eigenvalue weighted by atomic mass is 10.1. The van der Waals surface area contributed by atoms with E-state index in [1.54, 1.807) is 7.05 Å². The minimum absolute atomic E-state index is 0.0532. The Kier molecular flexibility index (Phi) is 9.14. The molecule has 0 atom stereocenters.